The number of hydrogen-bond donors (Lipinski definition) is 1. The lowest BCUT2D eigenvalue weighted by atomic mass is 10.0. The molecule has 27 heavy (non-hydrogen) atoms. The van der Waals surface area contributed by atoms with Gasteiger partial charge in [0.05, 0.1) is 12.2 Å². The molecule has 2 heterocycles. The summed E-state index contributed by atoms with van der Waals surface area (Å²) in [6.45, 7) is 1.84. The van der Waals surface area contributed by atoms with Crippen molar-refractivity contribution in [3.8, 4) is 0 Å². The lowest BCUT2D eigenvalue weighted by Crippen LogP contribution is -2.40. The third kappa shape index (κ3) is 5.20. The van der Waals surface area contributed by atoms with E-state index in [0.717, 1.165) is 44.5 Å². The lowest BCUT2D eigenvalue weighted by Gasteiger charge is -2.31. The molecule has 0 spiro atoms. The van der Waals surface area contributed by atoms with E-state index in [1.165, 1.54) is 0 Å². The van der Waals surface area contributed by atoms with E-state index < -0.39 is 23.4 Å². The quantitative estimate of drug-likeness (QED) is 0.797. The fraction of sp³-hybridized carbons (Fsp3) is 0.368. The highest BCUT2D eigenvalue weighted by molar-refractivity contribution is 5.94. The molecule has 1 saturated heterocycles. The van der Waals surface area contributed by atoms with E-state index in [4.69, 9.17) is 0 Å². The number of hydrogen-bond acceptors (Lipinski definition) is 3. The van der Waals surface area contributed by atoms with Crippen LogP contribution in [0.3, 0.4) is 0 Å². The van der Waals surface area contributed by atoms with Crippen molar-refractivity contribution in [3.05, 3.63) is 65.2 Å². The van der Waals surface area contributed by atoms with E-state index >= 15 is 0 Å². The van der Waals surface area contributed by atoms with Gasteiger partial charge in [0.1, 0.15) is 0 Å². The van der Waals surface area contributed by atoms with Crippen molar-refractivity contribution in [1.29, 1.82) is 0 Å². The smallest absolute Gasteiger partial charge is 0.254 e. The van der Waals surface area contributed by atoms with Crippen LogP contribution in [0.15, 0.2) is 36.5 Å². The average Bonchev–Trinajstić information content (AvgIpc) is 2.93. The fourth-order valence-electron chi connectivity index (χ4n) is 3.19. The van der Waals surface area contributed by atoms with Gasteiger partial charge in [-0.25, -0.2) is 13.2 Å². The Bertz CT molecular complexity index is 745. The number of rotatable bonds is 4. The van der Waals surface area contributed by atoms with E-state index in [9.17, 15) is 18.0 Å². The Labute approximate surface area is 162 Å². The van der Waals surface area contributed by atoms with Crippen LogP contribution in [-0.4, -0.2) is 34.9 Å². The largest absolute Gasteiger partial charge is 0.330 e. The second-order valence-corrected chi connectivity index (χ2v) is 6.34. The molecule has 0 bridgehead atoms. The molecule has 1 N–H and O–H groups in total. The zero-order valence-corrected chi connectivity index (χ0v) is 15.4. The molecule has 1 aliphatic heterocycles. The SMILES string of the molecule is Cl.O=C(c1cc(F)c(F)c(F)c1)N(Cc1ccccn1)C1CCCNCC1. The molecule has 1 aliphatic rings. The summed E-state index contributed by atoms with van der Waals surface area (Å²) in [5.41, 5.74) is 0.482. The molecule has 2 aromatic rings. The Balaban J connectivity index is 0.00000261. The van der Waals surface area contributed by atoms with E-state index in [0.29, 0.717) is 5.69 Å². The van der Waals surface area contributed by atoms with Gasteiger partial charge in [-0.3, -0.25) is 9.78 Å². The Kier molecular flexibility index (Phi) is 7.62. The second kappa shape index (κ2) is 9.71. The summed E-state index contributed by atoms with van der Waals surface area (Å²) in [5, 5.41) is 3.28. The first-order valence-electron chi connectivity index (χ1n) is 8.62. The van der Waals surface area contributed by atoms with Gasteiger partial charge >= 0.3 is 0 Å². The first kappa shape index (κ1) is 21.2. The number of benzene rings is 1. The highest BCUT2D eigenvalue weighted by Crippen LogP contribution is 2.21. The van der Waals surface area contributed by atoms with Crippen LogP contribution in [0.25, 0.3) is 0 Å². The fourth-order valence-corrected chi connectivity index (χ4v) is 3.19. The van der Waals surface area contributed by atoms with Gasteiger partial charge in [-0.15, -0.1) is 12.4 Å². The monoisotopic (exact) mass is 399 g/mol. The highest BCUT2D eigenvalue weighted by Gasteiger charge is 2.27. The second-order valence-electron chi connectivity index (χ2n) is 6.34. The molecule has 0 saturated carbocycles. The minimum absolute atomic E-state index is 0. The van der Waals surface area contributed by atoms with Crippen LogP contribution in [0, 0.1) is 17.5 Å². The third-order valence-electron chi connectivity index (χ3n) is 4.54. The highest BCUT2D eigenvalue weighted by atomic mass is 35.5. The van der Waals surface area contributed by atoms with Gasteiger partial charge in [0.2, 0.25) is 0 Å². The van der Waals surface area contributed by atoms with E-state index in [2.05, 4.69) is 10.3 Å². The number of nitrogens with zero attached hydrogens (tertiary/aromatic N) is 2. The Hall–Kier alpha value is -2.12. The summed E-state index contributed by atoms with van der Waals surface area (Å²) in [4.78, 5) is 18.8. The summed E-state index contributed by atoms with van der Waals surface area (Å²) in [7, 11) is 0. The van der Waals surface area contributed by atoms with Gasteiger partial charge in [-0.05, 0) is 56.6 Å². The first-order chi connectivity index (χ1) is 12.6. The molecule has 4 nitrogen and oxygen atoms in total. The maximum atomic E-state index is 13.6. The van der Waals surface area contributed by atoms with Crippen LogP contribution in [0.2, 0.25) is 0 Å². The summed E-state index contributed by atoms with van der Waals surface area (Å²) in [5.74, 6) is -4.83. The van der Waals surface area contributed by atoms with Crippen LogP contribution in [0.5, 0.6) is 0 Å². The molecule has 1 amide bonds. The normalized spacial score (nSPS) is 16.9. The Morgan fingerprint density at radius 1 is 1.15 bits per heavy atom. The van der Waals surface area contributed by atoms with Crippen molar-refractivity contribution in [2.75, 3.05) is 13.1 Å². The van der Waals surface area contributed by atoms with Gasteiger partial charge in [0, 0.05) is 17.8 Å². The average molecular weight is 400 g/mol. The number of carbonyl (C=O) groups is 1. The van der Waals surface area contributed by atoms with Crippen molar-refractivity contribution < 1.29 is 18.0 Å². The Morgan fingerprint density at radius 2 is 1.89 bits per heavy atom. The lowest BCUT2D eigenvalue weighted by molar-refractivity contribution is 0.0641. The topological polar surface area (TPSA) is 45.2 Å². The van der Waals surface area contributed by atoms with E-state index in [1.807, 2.05) is 6.07 Å². The van der Waals surface area contributed by atoms with E-state index in [1.54, 1.807) is 23.2 Å². The molecule has 1 aromatic heterocycles. The summed E-state index contributed by atoms with van der Waals surface area (Å²) in [6, 6.07) is 6.80. The predicted molar refractivity (Wildman–Crippen MR) is 98.2 cm³/mol. The summed E-state index contributed by atoms with van der Waals surface area (Å²) in [6.07, 6.45) is 4.02. The van der Waals surface area contributed by atoms with Gasteiger partial charge < -0.3 is 10.2 Å². The number of carbonyl (C=O) groups excluding carboxylic acids is 1. The van der Waals surface area contributed by atoms with Gasteiger partial charge in [0.25, 0.3) is 5.91 Å². The predicted octanol–water partition coefficient (Wildman–Crippen LogP) is 3.71. The van der Waals surface area contributed by atoms with Crippen molar-refractivity contribution in [3.63, 3.8) is 0 Å². The third-order valence-corrected chi connectivity index (χ3v) is 4.54. The summed E-state index contributed by atoms with van der Waals surface area (Å²) < 4.78 is 40.4. The molecule has 1 fully saturated rings. The van der Waals surface area contributed by atoms with Crippen molar-refractivity contribution in [1.82, 2.24) is 15.2 Å². The molecule has 1 aromatic carbocycles. The molecule has 0 aliphatic carbocycles. The maximum absolute atomic E-state index is 13.6. The number of halogens is 4. The number of pyridine rings is 1. The first-order valence-corrected chi connectivity index (χ1v) is 8.62. The van der Waals surface area contributed by atoms with Gasteiger partial charge in [-0.1, -0.05) is 6.07 Å². The van der Waals surface area contributed by atoms with Crippen molar-refractivity contribution in [2.24, 2.45) is 0 Å². The Morgan fingerprint density at radius 3 is 2.56 bits per heavy atom. The zero-order valence-electron chi connectivity index (χ0n) is 14.6. The van der Waals surface area contributed by atoms with Crippen LogP contribution in [-0.2, 0) is 6.54 Å². The van der Waals surface area contributed by atoms with Gasteiger partial charge in [-0.2, -0.15) is 0 Å². The van der Waals surface area contributed by atoms with E-state index in [-0.39, 0.29) is 30.6 Å². The summed E-state index contributed by atoms with van der Waals surface area (Å²) >= 11 is 0. The zero-order chi connectivity index (χ0) is 18.5. The van der Waals surface area contributed by atoms with Crippen LogP contribution in [0.1, 0.15) is 35.3 Å². The van der Waals surface area contributed by atoms with Crippen LogP contribution in [0.4, 0.5) is 13.2 Å². The van der Waals surface area contributed by atoms with Crippen LogP contribution < -0.4 is 5.32 Å². The minimum atomic E-state index is -1.57. The molecule has 1 unspecified atom stereocenters. The molecule has 146 valence electrons. The number of aromatic nitrogens is 1. The number of amides is 1. The minimum Gasteiger partial charge on any atom is -0.330 e. The van der Waals surface area contributed by atoms with Crippen LogP contribution >= 0.6 is 12.4 Å². The maximum Gasteiger partial charge on any atom is 0.254 e. The molecule has 3 rings (SSSR count). The van der Waals surface area contributed by atoms with Gasteiger partial charge in [0.15, 0.2) is 17.5 Å². The molecular weight excluding hydrogens is 379 g/mol. The van der Waals surface area contributed by atoms with Crippen molar-refractivity contribution >= 4 is 18.3 Å². The molecule has 0 radical (unpaired) electrons. The molecule has 1 atom stereocenters. The standard InChI is InChI=1S/C19H20F3N3O.ClH/c20-16-10-13(11-17(21)18(16)22)19(26)25(12-14-4-1-2-8-24-14)15-5-3-7-23-9-6-15;/h1-2,4,8,10-11,15,23H,3,5-7,9,12H2;1H. The van der Waals surface area contributed by atoms with Crippen molar-refractivity contribution in [2.45, 2.75) is 31.8 Å². The number of nitrogens with one attached hydrogen (secondary N) is 1. The molecular formula is C19H21ClF3N3O. The molecule has 8 heteroatoms.